The number of carbonyl (C=O) groups is 4. The lowest BCUT2D eigenvalue weighted by atomic mass is 10.1. The molecule has 1 atom stereocenters. The van der Waals surface area contributed by atoms with Gasteiger partial charge in [-0.25, -0.2) is 9.59 Å². The second kappa shape index (κ2) is 9.09. The zero-order valence-corrected chi connectivity index (χ0v) is 17.6. The first-order chi connectivity index (χ1) is 15.4. The lowest BCUT2D eigenvalue weighted by Gasteiger charge is -2.13. The van der Waals surface area contributed by atoms with Crippen LogP contribution in [0.15, 0.2) is 42.5 Å². The fourth-order valence-electron chi connectivity index (χ4n) is 3.73. The smallest absolute Gasteiger partial charge is 0.338 e. The lowest BCUT2D eigenvalue weighted by molar-refractivity contribution is -0.127. The van der Waals surface area contributed by atoms with Crippen LogP contribution in [0.2, 0.25) is 0 Å². The van der Waals surface area contributed by atoms with E-state index in [2.05, 4.69) is 10.6 Å². The van der Waals surface area contributed by atoms with Crippen LogP contribution in [-0.2, 0) is 27.4 Å². The molecule has 0 radical (unpaired) electrons. The van der Waals surface area contributed by atoms with Gasteiger partial charge in [0.05, 0.1) is 12.7 Å². The molecule has 4 amide bonds. The summed E-state index contributed by atoms with van der Waals surface area (Å²) in [5.41, 5.74) is 2.75. The highest BCUT2D eigenvalue weighted by Crippen LogP contribution is 2.23. The number of nitrogens with zero attached hydrogens (tertiary/aromatic N) is 1. The summed E-state index contributed by atoms with van der Waals surface area (Å²) in [6, 6.07) is 11.2. The number of hydrogen-bond acceptors (Lipinski definition) is 6. The molecule has 2 N–H and O–H groups in total. The van der Waals surface area contributed by atoms with Gasteiger partial charge in [0.2, 0.25) is 5.91 Å². The molecule has 2 aromatic rings. The number of carbonyl (C=O) groups excluding carboxylic acids is 4. The van der Waals surface area contributed by atoms with Crippen LogP contribution in [0.1, 0.15) is 34.3 Å². The van der Waals surface area contributed by atoms with Crippen molar-refractivity contribution in [2.24, 2.45) is 0 Å². The number of urea groups is 1. The summed E-state index contributed by atoms with van der Waals surface area (Å²) >= 11 is 0. The topological polar surface area (TPSA) is 114 Å². The lowest BCUT2D eigenvalue weighted by Crippen LogP contribution is -2.33. The standard InChI is InChI=1S/C23H23N3O6/c1-31-17-5-2-14(3-6-17)10-11-26-21(28)19(25-23(26)30)8-9-20(27)24-16-4-7-18-15(12-16)13-32-22(18)29/h2-7,12,19H,8-11,13H2,1H3,(H,24,27)(H,25,30). The van der Waals surface area contributed by atoms with Crippen molar-refractivity contribution in [1.29, 1.82) is 0 Å². The van der Waals surface area contributed by atoms with E-state index in [1.165, 1.54) is 4.90 Å². The monoisotopic (exact) mass is 437 g/mol. The van der Waals surface area contributed by atoms with Crippen molar-refractivity contribution in [2.45, 2.75) is 31.9 Å². The third kappa shape index (κ3) is 4.56. The van der Waals surface area contributed by atoms with Gasteiger partial charge in [-0.15, -0.1) is 0 Å². The highest BCUT2D eigenvalue weighted by atomic mass is 16.5. The third-order valence-corrected chi connectivity index (χ3v) is 5.52. The molecule has 2 aromatic carbocycles. The normalized spacial score (nSPS) is 17.1. The van der Waals surface area contributed by atoms with Gasteiger partial charge in [-0.3, -0.25) is 14.5 Å². The quantitative estimate of drug-likeness (QED) is 0.484. The van der Waals surface area contributed by atoms with Gasteiger partial charge in [0.15, 0.2) is 0 Å². The maximum Gasteiger partial charge on any atom is 0.338 e. The average molecular weight is 437 g/mol. The van der Waals surface area contributed by atoms with Crippen LogP contribution in [0.5, 0.6) is 5.75 Å². The van der Waals surface area contributed by atoms with E-state index in [1.807, 2.05) is 24.3 Å². The van der Waals surface area contributed by atoms with Crippen molar-refractivity contribution in [1.82, 2.24) is 10.2 Å². The van der Waals surface area contributed by atoms with Gasteiger partial charge in [0, 0.05) is 24.2 Å². The molecule has 2 heterocycles. The number of amides is 4. The first kappa shape index (κ1) is 21.4. The molecule has 0 bridgehead atoms. The number of fused-ring (bicyclic) bond motifs is 1. The predicted octanol–water partition coefficient (Wildman–Crippen LogP) is 2.25. The average Bonchev–Trinajstić information content (AvgIpc) is 3.29. The summed E-state index contributed by atoms with van der Waals surface area (Å²) in [5.74, 6) is -0.243. The van der Waals surface area contributed by atoms with Gasteiger partial charge in [0.25, 0.3) is 5.91 Å². The minimum absolute atomic E-state index is 0.0650. The molecular weight excluding hydrogens is 414 g/mol. The van der Waals surface area contributed by atoms with Crippen molar-refractivity contribution in [3.8, 4) is 5.75 Å². The Bertz CT molecular complexity index is 1070. The Kier molecular flexibility index (Phi) is 6.07. The first-order valence-electron chi connectivity index (χ1n) is 10.3. The summed E-state index contributed by atoms with van der Waals surface area (Å²) in [6.45, 7) is 0.447. The number of anilines is 1. The fourth-order valence-corrected chi connectivity index (χ4v) is 3.73. The van der Waals surface area contributed by atoms with Crippen LogP contribution >= 0.6 is 0 Å². The summed E-state index contributed by atoms with van der Waals surface area (Å²) in [6.07, 6.45) is 0.790. The number of imide groups is 1. The van der Waals surface area contributed by atoms with Crippen molar-refractivity contribution in [2.75, 3.05) is 19.0 Å². The Morgan fingerprint density at radius 1 is 1.19 bits per heavy atom. The molecule has 9 nitrogen and oxygen atoms in total. The molecule has 2 aliphatic heterocycles. The van der Waals surface area contributed by atoms with E-state index in [0.29, 0.717) is 17.7 Å². The number of rotatable bonds is 8. The second-order valence-corrected chi connectivity index (χ2v) is 7.62. The Morgan fingerprint density at radius 3 is 2.72 bits per heavy atom. The fraction of sp³-hybridized carbons (Fsp3) is 0.304. The molecule has 1 saturated heterocycles. The molecule has 9 heteroatoms. The van der Waals surface area contributed by atoms with Crippen LogP contribution in [0.25, 0.3) is 0 Å². The predicted molar refractivity (Wildman–Crippen MR) is 114 cm³/mol. The first-order valence-corrected chi connectivity index (χ1v) is 10.3. The summed E-state index contributed by atoms with van der Waals surface area (Å²) in [5, 5.41) is 5.40. The molecule has 0 spiro atoms. The van der Waals surface area contributed by atoms with Crippen molar-refractivity contribution in [3.05, 3.63) is 59.2 Å². The maximum absolute atomic E-state index is 12.6. The molecular formula is C23H23N3O6. The Morgan fingerprint density at radius 2 is 1.97 bits per heavy atom. The molecule has 1 fully saturated rings. The van der Waals surface area contributed by atoms with Crippen molar-refractivity contribution < 1.29 is 28.7 Å². The van der Waals surface area contributed by atoms with E-state index in [0.717, 1.165) is 16.9 Å². The number of esters is 1. The molecule has 0 aromatic heterocycles. The highest BCUT2D eigenvalue weighted by Gasteiger charge is 2.37. The molecule has 166 valence electrons. The maximum atomic E-state index is 12.6. The second-order valence-electron chi connectivity index (χ2n) is 7.62. The number of hydrogen-bond donors (Lipinski definition) is 2. The number of cyclic esters (lactones) is 1. The van der Waals surface area contributed by atoms with Gasteiger partial charge in [-0.1, -0.05) is 12.1 Å². The van der Waals surface area contributed by atoms with Crippen LogP contribution < -0.4 is 15.4 Å². The Hall–Kier alpha value is -3.88. The van der Waals surface area contributed by atoms with Gasteiger partial charge in [-0.05, 0) is 48.7 Å². The van der Waals surface area contributed by atoms with E-state index in [4.69, 9.17) is 9.47 Å². The summed E-state index contributed by atoms with van der Waals surface area (Å²) < 4.78 is 10.1. The molecule has 32 heavy (non-hydrogen) atoms. The van der Waals surface area contributed by atoms with E-state index in [-0.39, 0.29) is 43.8 Å². The van der Waals surface area contributed by atoms with Crippen LogP contribution in [-0.4, -0.2) is 48.4 Å². The van der Waals surface area contributed by atoms with Gasteiger partial charge < -0.3 is 20.1 Å². The number of benzene rings is 2. The number of ether oxygens (including phenoxy) is 2. The molecule has 4 rings (SSSR count). The van der Waals surface area contributed by atoms with Crippen LogP contribution in [0.3, 0.4) is 0 Å². The summed E-state index contributed by atoms with van der Waals surface area (Å²) in [4.78, 5) is 49.8. The summed E-state index contributed by atoms with van der Waals surface area (Å²) in [7, 11) is 1.59. The van der Waals surface area contributed by atoms with Gasteiger partial charge >= 0.3 is 12.0 Å². The third-order valence-electron chi connectivity index (χ3n) is 5.52. The molecule has 2 aliphatic rings. The van der Waals surface area contributed by atoms with E-state index in [1.54, 1.807) is 25.3 Å². The van der Waals surface area contributed by atoms with Crippen molar-refractivity contribution >= 4 is 29.5 Å². The zero-order chi connectivity index (χ0) is 22.7. The van der Waals surface area contributed by atoms with E-state index in [9.17, 15) is 19.2 Å². The number of nitrogens with one attached hydrogen (secondary N) is 2. The van der Waals surface area contributed by atoms with Gasteiger partial charge in [0.1, 0.15) is 18.4 Å². The van der Waals surface area contributed by atoms with Gasteiger partial charge in [-0.2, -0.15) is 0 Å². The SMILES string of the molecule is COc1ccc(CCN2C(=O)NC(CCC(=O)Nc3ccc4c(c3)COC4=O)C2=O)cc1. The molecule has 0 aliphatic carbocycles. The highest BCUT2D eigenvalue weighted by molar-refractivity contribution is 6.04. The Balaban J connectivity index is 1.26. The minimum atomic E-state index is -0.727. The zero-order valence-electron chi connectivity index (χ0n) is 17.6. The largest absolute Gasteiger partial charge is 0.497 e. The van der Waals surface area contributed by atoms with E-state index >= 15 is 0 Å². The van der Waals surface area contributed by atoms with Crippen LogP contribution in [0.4, 0.5) is 10.5 Å². The minimum Gasteiger partial charge on any atom is -0.497 e. The van der Waals surface area contributed by atoms with E-state index < -0.39 is 12.1 Å². The van der Waals surface area contributed by atoms with Crippen molar-refractivity contribution in [3.63, 3.8) is 0 Å². The number of methoxy groups -OCH3 is 1. The molecule has 0 saturated carbocycles. The molecule has 1 unspecified atom stereocenters. The van der Waals surface area contributed by atoms with Crippen LogP contribution in [0, 0.1) is 0 Å². The Labute approximate surface area is 184 Å².